The van der Waals surface area contributed by atoms with Crippen LogP contribution in [0.5, 0.6) is 0 Å². The summed E-state index contributed by atoms with van der Waals surface area (Å²) in [5.41, 5.74) is 3.87. The molecule has 3 heteroatoms. The number of ether oxygens (including phenoxy) is 1. The van der Waals surface area contributed by atoms with Crippen LogP contribution in [0.25, 0.3) is 0 Å². The number of nitrogens with one attached hydrogen (secondary N) is 1. The van der Waals surface area contributed by atoms with Crippen molar-refractivity contribution in [2.75, 3.05) is 13.7 Å². The zero-order valence-electron chi connectivity index (χ0n) is 7.39. The molecule has 1 unspecified atom stereocenters. The number of hydrogen-bond donors (Lipinski definition) is 2. The van der Waals surface area contributed by atoms with E-state index in [4.69, 9.17) is 10.6 Å². The minimum Gasteiger partial charge on any atom is -0.383 e. The van der Waals surface area contributed by atoms with Gasteiger partial charge in [0.2, 0.25) is 0 Å². The highest BCUT2D eigenvalue weighted by atomic mass is 16.5. The largest absolute Gasteiger partial charge is 0.383 e. The van der Waals surface area contributed by atoms with E-state index in [1.807, 2.05) is 6.92 Å². The van der Waals surface area contributed by atoms with E-state index >= 15 is 0 Å². The number of hydrogen-bond acceptors (Lipinski definition) is 3. The molecular formula is C8H18N2O. The molecule has 0 saturated carbocycles. The van der Waals surface area contributed by atoms with Crippen LogP contribution in [-0.2, 0) is 4.74 Å². The van der Waals surface area contributed by atoms with Crippen LogP contribution in [0.4, 0.5) is 0 Å². The van der Waals surface area contributed by atoms with Crippen LogP contribution >= 0.6 is 0 Å². The molecule has 0 spiro atoms. The van der Waals surface area contributed by atoms with Crippen molar-refractivity contribution in [2.45, 2.75) is 25.8 Å². The molecule has 0 heterocycles. The van der Waals surface area contributed by atoms with Gasteiger partial charge >= 0.3 is 0 Å². The van der Waals surface area contributed by atoms with Crippen LogP contribution in [0.15, 0.2) is 12.2 Å². The summed E-state index contributed by atoms with van der Waals surface area (Å²) in [6.07, 6.45) is 1.98. The maximum atomic E-state index is 5.29. The van der Waals surface area contributed by atoms with Crippen molar-refractivity contribution in [1.29, 1.82) is 0 Å². The van der Waals surface area contributed by atoms with Gasteiger partial charge in [0.05, 0.1) is 6.61 Å². The standard InChI is InChI=1S/C8H18N2O/c1-7(2)4-5-8(10-9)6-11-3/h8,10H,1,4-6,9H2,2-3H3. The predicted molar refractivity (Wildman–Crippen MR) is 47.0 cm³/mol. The van der Waals surface area contributed by atoms with Crippen LogP contribution in [0.1, 0.15) is 19.8 Å². The lowest BCUT2D eigenvalue weighted by Crippen LogP contribution is -2.38. The molecule has 3 N–H and O–H groups in total. The first-order valence-corrected chi connectivity index (χ1v) is 3.80. The molecule has 0 fully saturated rings. The average molecular weight is 158 g/mol. The highest BCUT2D eigenvalue weighted by Gasteiger charge is 2.04. The van der Waals surface area contributed by atoms with E-state index < -0.39 is 0 Å². The monoisotopic (exact) mass is 158 g/mol. The maximum Gasteiger partial charge on any atom is 0.0629 e. The summed E-state index contributed by atoms with van der Waals surface area (Å²) in [7, 11) is 1.67. The van der Waals surface area contributed by atoms with Gasteiger partial charge in [-0.1, -0.05) is 5.57 Å². The Kier molecular flexibility index (Phi) is 6.12. The van der Waals surface area contributed by atoms with Gasteiger partial charge in [0.15, 0.2) is 0 Å². The zero-order chi connectivity index (χ0) is 8.69. The van der Waals surface area contributed by atoms with E-state index in [9.17, 15) is 0 Å². The second kappa shape index (κ2) is 6.34. The maximum absolute atomic E-state index is 5.29. The van der Waals surface area contributed by atoms with Crippen molar-refractivity contribution in [2.24, 2.45) is 5.84 Å². The fraction of sp³-hybridized carbons (Fsp3) is 0.750. The molecule has 0 aliphatic carbocycles. The van der Waals surface area contributed by atoms with E-state index in [1.165, 1.54) is 5.57 Å². The minimum absolute atomic E-state index is 0.247. The van der Waals surface area contributed by atoms with Gasteiger partial charge in [0.1, 0.15) is 0 Å². The molecule has 11 heavy (non-hydrogen) atoms. The van der Waals surface area contributed by atoms with E-state index in [2.05, 4.69) is 12.0 Å². The Bertz CT molecular complexity index is 115. The second-order valence-electron chi connectivity index (χ2n) is 2.81. The SMILES string of the molecule is C=C(C)CCC(COC)NN. The van der Waals surface area contributed by atoms with Gasteiger partial charge in [-0.3, -0.25) is 11.3 Å². The van der Waals surface area contributed by atoms with Crippen molar-refractivity contribution >= 4 is 0 Å². The van der Waals surface area contributed by atoms with E-state index in [0.29, 0.717) is 6.61 Å². The Balaban J connectivity index is 3.43. The molecule has 0 radical (unpaired) electrons. The average Bonchev–Trinajstić information content (AvgIpc) is 1.97. The number of methoxy groups -OCH3 is 1. The van der Waals surface area contributed by atoms with Crippen molar-refractivity contribution in [3.63, 3.8) is 0 Å². The molecule has 0 aliphatic heterocycles. The first-order valence-electron chi connectivity index (χ1n) is 3.80. The molecule has 3 nitrogen and oxygen atoms in total. The molecule has 0 aromatic heterocycles. The topological polar surface area (TPSA) is 47.3 Å². The summed E-state index contributed by atoms with van der Waals surface area (Å²) >= 11 is 0. The van der Waals surface area contributed by atoms with Crippen molar-refractivity contribution < 1.29 is 4.74 Å². The number of nitrogens with two attached hydrogens (primary N) is 1. The summed E-state index contributed by atoms with van der Waals surface area (Å²) in [6, 6.07) is 0.247. The second-order valence-corrected chi connectivity index (χ2v) is 2.81. The third kappa shape index (κ3) is 6.04. The lowest BCUT2D eigenvalue weighted by Gasteiger charge is -2.13. The Morgan fingerprint density at radius 3 is 2.73 bits per heavy atom. The molecule has 0 bridgehead atoms. The summed E-state index contributed by atoms with van der Waals surface area (Å²) < 4.78 is 4.95. The molecule has 0 aromatic carbocycles. The van der Waals surface area contributed by atoms with Crippen molar-refractivity contribution in [1.82, 2.24) is 5.43 Å². The molecule has 0 aromatic rings. The highest BCUT2D eigenvalue weighted by Crippen LogP contribution is 2.03. The fourth-order valence-corrected chi connectivity index (χ4v) is 0.837. The summed E-state index contributed by atoms with van der Waals surface area (Å²) in [6.45, 7) is 6.48. The molecular weight excluding hydrogens is 140 g/mol. The number of hydrazine groups is 1. The van der Waals surface area contributed by atoms with Gasteiger partial charge in [-0.25, -0.2) is 0 Å². The first-order chi connectivity index (χ1) is 5.20. The van der Waals surface area contributed by atoms with E-state index in [-0.39, 0.29) is 6.04 Å². The third-order valence-corrected chi connectivity index (χ3v) is 1.52. The van der Waals surface area contributed by atoms with Crippen molar-refractivity contribution in [3.05, 3.63) is 12.2 Å². The first kappa shape index (κ1) is 10.6. The molecule has 0 rings (SSSR count). The van der Waals surface area contributed by atoms with Crippen LogP contribution in [0.3, 0.4) is 0 Å². The lowest BCUT2D eigenvalue weighted by molar-refractivity contribution is 0.163. The normalized spacial score (nSPS) is 13.0. The molecule has 0 saturated heterocycles. The highest BCUT2D eigenvalue weighted by molar-refractivity contribution is 4.88. The van der Waals surface area contributed by atoms with Gasteiger partial charge in [0.25, 0.3) is 0 Å². The van der Waals surface area contributed by atoms with Gasteiger partial charge in [-0.15, -0.1) is 6.58 Å². The van der Waals surface area contributed by atoms with Gasteiger partial charge < -0.3 is 4.74 Å². The summed E-state index contributed by atoms with van der Waals surface area (Å²) in [4.78, 5) is 0. The Morgan fingerprint density at radius 2 is 2.36 bits per heavy atom. The Labute approximate surface area is 68.6 Å². The quantitative estimate of drug-likeness (QED) is 0.342. The van der Waals surface area contributed by atoms with Gasteiger partial charge in [-0.05, 0) is 19.8 Å². The van der Waals surface area contributed by atoms with Gasteiger partial charge in [-0.2, -0.15) is 0 Å². The number of rotatable bonds is 6. The van der Waals surface area contributed by atoms with Crippen LogP contribution in [-0.4, -0.2) is 19.8 Å². The van der Waals surface area contributed by atoms with Crippen molar-refractivity contribution in [3.8, 4) is 0 Å². The number of allylic oxidation sites excluding steroid dienone is 1. The minimum atomic E-state index is 0.247. The van der Waals surface area contributed by atoms with Crippen LogP contribution in [0, 0.1) is 0 Å². The molecule has 0 aliphatic rings. The van der Waals surface area contributed by atoms with Gasteiger partial charge in [0, 0.05) is 13.2 Å². The zero-order valence-corrected chi connectivity index (χ0v) is 7.39. The van der Waals surface area contributed by atoms with Crippen LogP contribution in [0.2, 0.25) is 0 Å². The fourth-order valence-electron chi connectivity index (χ4n) is 0.837. The third-order valence-electron chi connectivity index (χ3n) is 1.52. The summed E-state index contributed by atoms with van der Waals surface area (Å²) in [5.74, 6) is 5.29. The Hall–Kier alpha value is -0.380. The smallest absolute Gasteiger partial charge is 0.0629 e. The van der Waals surface area contributed by atoms with Crippen LogP contribution < -0.4 is 11.3 Å². The molecule has 66 valence electrons. The molecule has 0 amide bonds. The molecule has 1 atom stereocenters. The Morgan fingerprint density at radius 1 is 1.73 bits per heavy atom. The lowest BCUT2D eigenvalue weighted by atomic mass is 10.1. The van der Waals surface area contributed by atoms with E-state index in [0.717, 1.165) is 12.8 Å². The van der Waals surface area contributed by atoms with E-state index in [1.54, 1.807) is 7.11 Å². The summed E-state index contributed by atoms with van der Waals surface area (Å²) in [5, 5.41) is 0. The predicted octanol–water partition coefficient (Wildman–Crippen LogP) is 0.821.